The van der Waals surface area contributed by atoms with E-state index in [2.05, 4.69) is 34.4 Å². The molecule has 1 atom stereocenters. The standard InChI is InChI=1S/C21H25N3O2/c1-16-23-21(26-24-16)19(8-5-13-22)14-17-9-11-20(12-10-17)25-15-18-6-3-2-4-7-18/h2-4,6-7,9-12,19H,5,8,13-15,22H2,1H3. The zero-order chi connectivity index (χ0) is 18.2. The third kappa shape index (κ3) is 5.17. The second kappa shape index (κ2) is 9.15. The molecule has 136 valence electrons. The van der Waals surface area contributed by atoms with Crippen molar-refractivity contribution >= 4 is 0 Å². The summed E-state index contributed by atoms with van der Waals surface area (Å²) in [6.07, 6.45) is 2.72. The molecule has 0 amide bonds. The van der Waals surface area contributed by atoms with Gasteiger partial charge in [0.1, 0.15) is 12.4 Å². The molecule has 1 heterocycles. The molecule has 0 radical (unpaired) electrons. The molecule has 0 saturated heterocycles. The highest BCUT2D eigenvalue weighted by Crippen LogP contribution is 2.25. The summed E-state index contributed by atoms with van der Waals surface area (Å²) in [4.78, 5) is 4.40. The summed E-state index contributed by atoms with van der Waals surface area (Å²) in [5.74, 6) is 2.42. The lowest BCUT2D eigenvalue weighted by Gasteiger charge is -2.13. The Balaban J connectivity index is 1.61. The fourth-order valence-corrected chi connectivity index (χ4v) is 2.90. The van der Waals surface area contributed by atoms with Crippen LogP contribution in [0.5, 0.6) is 5.75 Å². The molecule has 5 heteroatoms. The molecule has 2 N–H and O–H groups in total. The molecule has 3 rings (SSSR count). The highest BCUT2D eigenvalue weighted by Gasteiger charge is 2.18. The molecule has 3 aromatic rings. The Kier molecular flexibility index (Phi) is 6.39. The molecule has 5 nitrogen and oxygen atoms in total. The van der Waals surface area contributed by atoms with Crippen LogP contribution in [0.4, 0.5) is 0 Å². The molecule has 2 aromatic carbocycles. The van der Waals surface area contributed by atoms with Gasteiger partial charge in [0.2, 0.25) is 5.89 Å². The quantitative estimate of drug-likeness (QED) is 0.630. The van der Waals surface area contributed by atoms with Crippen molar-refractivity contribution in [2.24, 2.45) is 5.73 Å². The van der Waals surface area contributed by atoms with Crippen molar-refractivity contribution in [1.29, 1.82) is 0 Å². The van der Waals surface area contributed by atoms with Crippen LogP contribution in [-0.2, 0) is 13.0 Å². The molecular weight excluding hydrogens is 326 g/mol. The van der Waals surface area contributed by atoms with Crippen LogP contribution in [0.3, 0.4) is 0 Å². The summed E-state index contributed by atoms with van der Waals surface area (Å²) in [5.41, 5.74) is 8.05. The van der Waals surface area contributed by atoms with E-state index in [4.69, 9.17) is 15.0 Å². The Bertz CT molecular complexity index is 785. The lowest BCUT2D eigenvalue weighted by atomic mass is 9.94. The van der Waals surface area contributed by atoms with Crippen molar-refractivity contribution in [2.75, 3.05) is 6.54 Å². The van der Waals surface area contributed by atoms with E-state index in [1.54, 1.807) is 0 Å². The molecule has 0 saturated carbocycles. The van der Waals surface area contributed by atoms with Gasteiger partial charge in [-0.2, -0.15) is 4.98 Å². The van der Waals surface area contributed by atoms with Crippen LogP contribution in [0, 0.1) is 6.92 Å². The third-order valence-corrected chi connectivity index (χ3v) is 4.30. The number of aryl methyl sites for hydroxylation is 1. The smallest absolute Gasteiger partial charge is 0.230 e. The van der Waals surface area contributed by atoms with Gasteiger partial charge >= 0.3 is 0 Å². The van der Waals surface area contributed by atoms with Gasteiger partial charge in [0.25, 0.3) is 0 Å². The fraction of sp³-hybridized carbons (Fsp3) is 0.333. The molecule has 0 spiro atoms. The van der Waals surface area contributed by atoms with E-state index in [-0.39, 0.29) is 5.92 Å². The first-order valence-electron chi connectivity index (χ1n) is 9.00. The van der Waals surface area contributed by atoms with Gasteiger partial charge in [0.05, 0.1) is 0 Å². The van der Waals surface area contributed by atoms with Gasteiger partial charge in [-0.05, 0) is 56.0 Å². The lowest BCUT2D eigenvalue weighted by molar-refractivity contribution is 0.306. The molecule has 0 bridgehead atoms. The first-order chi connectivity index (χ1) is 12.7. The Labute approximate surface area is 154 Å². The monoisotopic (exact) mass is 351 g/mol. The van der Waals surface area contributed by atoms with Crippen LogP contribution in [0.25, 0.3) is 0 Å². The first-order valence-corrected chi connectivity index (χ1v) is 9.00. The number of ether oxygens (including phenoxy) is 1. The van der Waals surface area contributed by atoms with Gasteiger partial charge in [-0.3, -0.25) is 0 Å². The Morgan fingerprint density at radius 1 is 1.04 bits per heavy atom. The summed E-state index contributed by atoms with van der Waals surface area (Å²) in [7, 11) is 0. The largest absolute Gasteiger partial charge is 0.489 e. The topological polar surface area (TPSA) is 74.2 Å². The minimum Gasteiger partial charge on any atom is -0.489 e. The van der Waals surface area contributed by atoms with E-state index in [1.807, 2.05) is 37.3 Å². The summed E-state index contributed by atoms with van der Waals surface area (Å²) in [6, 6.07) is 18.4. The maximum absolute atomic E-state index is 5.85. The van der Waals surface area contributed by atoms with Crippen molar-refractivity contribution in [3.8, 4) is 5.75 Å². The minimum atomic E-state index is 0.191. The minimum absolute atomic E-state index is 0.191. The van der Waals surface area contributed by atoms with Crippen LogP contribution in [0.15, 0.2) is 59.1 Å². The average molecular weight is 351 g/mol. The predicted octanol–water partition coefficient (Wildman–Crippen LogP) is 4.02. The SMILES string of the molecule is Cc1noc(C(CCCN)Cc2ccc(OCc3ccccc3)cc2)n1. The highest BCUT2D eigenvalue weighted by atomic mass is 16.5. The van der Waals surface area contributed by atoms with Gasteiger partial charge < -0.3 is 15.0 Å². The molecule has 0 fully saturated rings. The van der Waals surface area contributed by atoms with Crippen molar-refractivity contribution in [3.05, 3.63) is 77.4 Å². The van der Waals surface area contributed by atoms with E-state index in [0.717, 1.165) is 30.6 Å². The van der Waals surface area contributed by atoms with Gasteiger partial charge in [-0.25, -0.2) is 0 Å². The number of nitrogens with two attached hydrogens (primary N) is 1. The van der Waals surface area contributed by atoms with E-state index < -0.39 is 0 Å². The van der Waals surface area contributed by atoms with Crippen LogP contribution < -0.4 is 10.5 Å². The van der Waals surface area contributed by atoms with E-state index in [0.29, 0.717) is 24.9 Å². The molecular formula is C21H25N3O2. The zero-order valence-electron chi connectivity index (χ0n) is 15.1. The number of hydrogen-bond donors (Lipinski definition) is 1. The summed E-state index contributed by atoms with van der Waals surface area (Å²) >= 11 is 0. The maximum atomic E-state index is 5.85. The van der Waals surface area contributed by atoms with E-state index >= 15 is 0 Å². The summed E-state index contributed by atoms with van der Waals surface area (Å²) in [6.45, 7) is 3.07. The van der Waals surface area contributed by atoms with Crippen LogP contribution in [0.2, 0.25) is 0 Å². The molecule has 1 aromatic heterocycles. The van der Waals surface area contributed by atoms with Gasteiger partial charge in [0.15, 0.2) is 5.82 Å². The Morgan fingerprint density at radius 2 is 1.81 bits per heavy atom. The normalized spacial score (nSPS) is 12.1. The van der Waals surface area contributed by atoms with Crippen LogP contribution in [0.1, 0.15) is 41.6 Å². The Morgan fingerprint density at radius 3 is 2.46 bits per heavy atom. The molecule has 26 heavy (non-hydrogen) atoms. The second-order valence-corrected chi connectivity index (χ2v) is 6.43. The molecule has 0 aliphatic rings. The fourth-order valence-electron chi connectivity index (χ4n) is 2.90. The number of benzene rings is 2. The number of aromatic nitrogens is 2. The maximum Gasteiger partial charge on any atom is 0.230 e. The van der Waals surface area contributed by atoms with E-state index in [1.165, 1.54) is 5.56 Å². The number of rotatable bonds is 9. The third-order valence-electron chi connectivity index (χ3n) is 4.30. The number of nitrogens with zero attached hydrogens (tertiary/aromatic N) is 2. The Hall–Kier alpha value is -2.66. The van der Waals surface area contributed by atoms with Gasteiger partial charge in [-0.15, -0.1) is 0 Å². The predicted molar refractivity (Wildman–Crippen MR) is 101 cm³/mol. The molecule has 0 aliphatic carbocycles. The van der Waals surface area contributed by atoms with Gasteiger partial charge in [-0.1, -0.05) is 47.6 Å². The molecule has 0 aliphatic heterocycles. The lowest BCUT2D eigenvalue weighted by Crippen LogP contribution is -2.08. The summed E-state index contributed by atoms with van der Waals surface area (Å²) < 4.78 is 11.2. The second-order valence-electron chi connectivity index (χ2n) is 6.43. The van der Waals surface area contributed by atoms with Gasteiger partial charge in [0, 0.05) is 5.92 Å². The number of hydrogen-bond acceptors (Lipinski definition) is 5. The van der Waals surface area contributed by atoms with Crippen LogP contribution >= 0.6 is 0 Å². The van der Waals surface area contributed by atoms with Crippen molar-refractivity contribution < 1.29 is 9.26 Å². The summed E-state index contributed by atoms with van der Waals surface area (Å²) in [5, 5.41) is 3.92. The van der Waals surface area contributed by atoms with Crippen molar-refractivity contribution in [2.45, 2.75) is 38.7 Å². The van der Waals surface area contributed by atoms with Crippen molar-refractivity contribution in [1.82, 2.24) is 10.1 Å². The highest BCUT2D eigenvalue weighted by molar-refractivity contribution is 5.28. The molecule has 1 unspecified atom stereocenters. The van der Waals surface area contributed by atoms with Crippen LogP contribution in [-0.4, -0.2) is 16.7 Å². The zero-order valence-corrected chi connectivity index (χ0v) is 15.1. The average Bonchev–Trinajstić information content (AvgIpc) is 3.11. The first kappa shape index (κ1) is 18.1. The van der Waals surface area contributed by atoms with E-state index in [9.17, 15) is 0 Å². The van der Waals surface area contributed by atoms with Crippen molar-refractivity contribution in [3.63, 3.8) is 0 Å².